The normalized spacial score (nSPS) is 10.9. The minimum Gasteiger partial charge on any atom is -0.368 e. The van der Waals surface area contributed by atoms with Crippen molar-refractivity contribution in [2.45, 2.75) is 26.3 Å². The van der Waals surface area contributed by atoms with Crippen molar-refractivity contribution in [2.75, 3.05) is 108 Å². The molecule has 0 aliphatic heterocycles. The van der Waals surface area contributed by atoms with Gasteiger partial charge in [-0.05, 0) is 13.3 Å². The Morgan fingerprint density at radius 2 is 0.725 bits per heavy atom. The second-order valence-electron chi connectivity index (χ2n) is 12.0. The van der Waals surface area contributed by atoms with Gasteiger partial charge in [-0.25, -0.2) is 0 Å². The minimum atomic E-state index is -0.751. The standard InChI is InChI=1S/C30H53N11O10/c1-9-20(2)32-11-25(46)39(6)17-28(49)37(4)15-23(44)34-13-27(48)41(8)19-30(51)38(5)16-24(45)35-12-26(47)40(7)18-29(50)36(3)14-22(43)33-10-21(31)42/h20,32H,9-19H2,1-8H3,(H2,31,42)(H,33,43)(H,34,44)(H,35,45). The molecule has 0 bridgehead atoms. The van der Waals surface area contributed by atoms with Crippen molar-refractivity contribution < 1.29 is 47.9 Å². The van der Waals surface area contributed by atoms with E-state index in [0.717, 1.165) is 30.9 Å². The van der Waals surface area contributed by atoms with Crippen LogP contribution in [0.4, 0.5) is 0 Å². The van der Waals surface area contributed by atoms with E-state index in [1.807, 2.05) is 13.8 Å². The summed E-state index contributed by atoms with van der Waals surface area (Å²) in [6, 6.07) is 0.142. The number of nitrogens with two attached hydrogens (primary N) is 1. The number of primary amides is 1. The Hall–Kier alpha value is -5.34. The number of likely N-dealkylation sites (N-methyl/N-ethyl adjacent to an activating group) is 6. The van der Waals surface area contributed by atoms with Crippen molar-refractivity contribution in [1.29, 1.82) is 0 Å². The molecule has 0 aromatic heterocycles. The van der Waals surface area contributed by atoms with Crippen LogP contribution in [0, 0.1) is 0 Å². The topological polar surface area (TPSA) is 264 Å². The summed E-state index contributed by atoms with van der Waals surface area (Å²) in [6.07, 6.45) is 0.838. The van der Waals surface area contributed by atoms with Gasteiger partial charge in [0.1, 0.15) is 0 Å². The SMILES string of the molecule is CCC(C)NCC(=O)N(C)CC(=O)N(C)CC(=O)NCC(=O)N(C)CC(=O)N(C)CC(=O)NCC(=O)N(C)CC(=O)N(C)CC(=O)NCC(N)=O. The maximum atomic E-state index is 12.6. The van der Waals surface area contributed by atoms with Gasteiger partial charge < -0.3 is 56.4 Å². The monoisotopic (exact) mass is 727 g/mol. The van der Waals surface area contributed by atoms with Crippen molar-refractivity contribution >= 4 is 59.1 Å². The minimum absolute atomic E-state index is 0.0703. The molecular weight excluding hydrogens is 674 g/mol. The summed E-state index contributed by atoms with van der Waals surface area (Å²) < 4.78 is 0. The van der Waals surface area contributed by atoms with Crippen molar-refractivity contribution in [2.24, 2.45) is 5.73 Å². The Morgan fingerprint density at radius 3 is 1.02 bits per heavy atom. The first kappa shape index (κ1) is 45.7. The van der Waals surface area contributed by atoms with E-state index in [2.05, 4.69) is 21.3 Å². The molecule has 0 rings (SSSR count). The fourth-order valence-corrected chi connectivity index (χ4v) is 3.66. The van der Waals surface area contributed by atoms with E-state index in [1.165, 1.54) is 47.2 Å². The Kier molecular flexibility index (Phi) is 20.7. The van der Waals surface area contributed by atoms with Gasteiger partial charge in [-0.1, -0.05) is 6.92 Å². The second-order valence-corrected chi connectivity index (χ2v) is 12.0. The molecule has 21 nitrogen and oxygen atoms in total. The average molecular weight is 728 g/mol. The molecule has 0 saturated carbocycles. The highest BCUT2D eigenvalue weighted by atomic mass is 16.2. The highest BCUT2D eigenvalue weighted by molar-refractivity contribution is 5.93. The average Bonchev–Trinajstić information content (AvgIpc) is 3.06. The summed E-state index contributed by atoms with van der Waals surface area (Å²) >= 11 is 0. The van der Waals surface area contributed by atoms with E-state index < -0.39 is 85.9 Å². The quantitative estimate of drug-likeness (QED) is 0.0701. The van der Waals surface area contributed by atoms with E-state index >= 15 is 0 Å². The van der Waals surface area contributed by atoms with Crippen LogP contribution in [0.5, 0.6) is 0 Å². The lowest BCUT2D eigenvalue weighted by Crippen LogP contribution is -2.49. The highest BCUT2D eigenvalue weighted by Gasteiger charge is 2.22. The third-order valence-corrected chi connectivity index (χ3v) is 7.36. The summed E-state index contributed by atoms with van der Waals surface area (Å²) in [7, 11) is 8.12. The van der Waals surface area contributed by atoms with Crippen molar-refractivity contribution in [3.63, 3.8) is 0 Å². The van der Waals surface area contributed by atoms with Crippen molar-refractivity contribution in [1.82, 2.24) is 50.7 Å². The molecule has 10 amide bonds. The largest absolute Gasteiger partial charge is 0.368 e. The van der Waals surface area contributed by atoms with Gasteiger partial charge in [-0.3, -0.25) is 47.9 Å². The molecule has 0 aliphatic carbocycles. The molecule has 51 heavy (non-hydrogen) atoms. The molecule has 6 N–H and O–H groups in total. The first-order valence-corrected chi connectivity index (χ1v) is 15.9. The summed E-state index contributed by atoms with van der Waals surface area (Å²) in [6.45, 7) is 0.361. The Balaban J connectivity index is 4.56. The number of amides is 10. The van der Waals surface area contributed by atoms with Crippen LogP contribution in [0.15, 0.2) is 0 Å². The Bertz CT molecular complexity index is 1300. The predicted octanol–water partition coefficient (Wildman–Crippen LogP) is -6.04. The zero-order chi connectivity index (χ0) is 39.4. The van der Waals surface area contributed by atoms with Gasteiger partial charge in [-0.2, -0.15) is 0 Å². The fraction of sp³-hybridized carbons (Fsp3) is 0.667. The van der Waals surface area contributed by atoms with Crippen LogP contribution in [0.2, 0.25) is 0 Å². The van der Waals surface area contributed by atoms with E-state index in [1.54, 1.807) is 0 Å². The first-order chi connectivity index (χ1) is 23.7. The van der Waals surface area contributed by atoms with Crippen LogP contribution < -0.4 is 27.0 Å². The third-order valence-electron chi connectivity index (χ3n) is 7.36. The lowest BCUT2D eigenvalue weighted by Gasteiger charge is -2.23. The van der Waals surface area contributed by atoms with Gasteiger partial charge in [0.2, 0.25) is 59.1 Å². The molecule has 0 saturated heterocycles. The highest BCUT2D eigenvalue weighted by Crippen LogP contribution is 1.95. The summed E-state index contributed by atoms with van der Waals surface area (Å²) in [5.74, 6) is -5.93. The summed E-state index contributed by atoms with van der Waals surface area (Å²) in [4.78, 5) is 128. The van der Waals surface area contributed by atoms with E-state index in [9.17, 15) is 47.9 Å². The van der Waals surface area contributed by atoms with Gasteiger partial charge >= 0.3 is 0 Å². The zero-order valence-corrected chi connectivity index (χ0v) is 30.7. The molecule has 1 unspecified atom stereocenters. The van der Waals surface area contributed by atoms with Crippen molar-refractivity contribution in [3.8, 4) is 0 Å². The van der Waals surface area contributed by atoms with E-state index in [4.69, 9.17) is 5.73 Å². The van der Waals surface area contributed by atoms with Crippen LogP contribution in [0.1, 0.15) is 20.3 Å². The number of hydrogen-bond donors (Lipinski definition) is 5. The van der Waals surface area contributed by atoms with Crippen LogP contribution in [0.25, 0.3) is 0 Å². The number of nitrogens with one attached hydrogen (secondary N) is 4. The van der Waals surface area contributed by atoms with Gasteiger partial charge in [0.15, 0.2) is 0 Å². The Morgan fingerprint density at radius 1 is 0.451 bits per heavy atom. The Labute approximate surface area is 297 Å². The molecule has 0 fully saturated rings. The zero-order valence-electron chi connectivity index (χ0n) is 30.7. The lowest BCUT2D eigenvalue weighted by atomic mass is 10.2. The number of carbonyl (C=O) groups excluding carboxylic acids is 10. The maximum absolute atomic E-state index is 12.6. The van der Waals surface area contributed by atoms with Crippen LogP contribution in [0.3, 0.4) is 0 Å². The van der Waals surface area contributed by atoms with E-state index in [0.29, 0.717) is 0 Å². The van der Waals surface area contributed by atoms with E-state index in [-0.39, 0.29) is 44.7 Å². The fourth-order valence-electron chi connectivity index (χ4n) is 3.66. The number of rotatable bonds is 22. The van der Waals surface area contributed by atoms with Gasteiger partial charge in [0.25, 0.3) is 0 Å². The third kappa shape index (κ3) is 19.4. The molecule has 0 spiro atoms. The molecule has 0 aliphatic rings. The molecule has 0 radical (unpaired) electrons. The second kappa shape index (κ2) is 23.1. The van der Waals surface area contributed by atoms with Crippen molar-refractivity contribution in [3.05, 3.63) is 0 Å². The predicted molar refractivity (Wildman–Crippen MR) is 182 cm³/mol. The molecule has 1 atom stereocenters. The van der Waals surface area contributed by atoms with Crippen LogP contribution in [-0.4, -0.2) is 202 Å². The number of carbonyl (C=O) groups is 10. The molecule has 0 heterocycles. The van der Waals surface area contributed by atoms with Gasteiger partial charge in [-0.15, -0.1) is 0 Å². The number of hydrogen-bond acceptors (Lipinski definition) is 11. The van der Waals surface area contributed by atoms with Gasteiger partial charge in [0.05, 0.1) is 65.4 Å². The molecule has 288 valence electrons. The molecule has 21 heteroatoms. The molecular formula is C30H53N11O10. The maximum Gasteiger partial charge on any atom is 0.242 e. The smallest absolute Gasteiger partial charge is 0.242 e. The van der Waals surface area contributed by atoms with Crippen LogP contribution >= 0.6 is 0 Å². The first-order valence-electron chi connectivity index (χ1n) is 15.9. The summed E-state index contributed by atoms with van der Waals surface area (Å²) in [5, 5.41) is 9.98. The molecule has 0 aromatic carbocycles. The van der Waals surface area contributed by atoms with Gasteiger partial charge in [0, 0.05) is 48.3 Å². The molecule has 0 aromatic rings. The summed E-state index contributed by atoms with van der Waals surface area (Å²) in [5.41, 5.74) is 4.94. The number of nitrogens with zero attached hydrogens (tertiary/aromatic N) is 6. The lowest BCUT2D eigenvalue weighted by molar-refractivity contribution is -0.141. The van der Waals surface area contributed by atoms with Crippen LogP contribution in [-0.2, 0) is 47.9 Å².